The van der Waals surface area contributed by atoms with E-state index in [4.69, 9.17) is 11.6 Å². The van der Waals surface area contributed by atoms with E-state index in [-0.39, 0.29) is 5.91 Å². The highest BCUT2D eigenvalue weighted by Gasteiger charge is 2.28. The second kappa shape index (κ2) is 6.33. The van der Waals surface area contributed by atoms with Crippen molar-refractivity contribution >= 4 is 50.8 Å². The Balaban J connectivity index is 1.88. The summed E-state index contributed by atoms with van der Waals surface area (Å²) in [5, 5.41) is 3.56. The van der Waals surface area contributed by atoms with Gasteiger partial charge < -0.3 is 10.3 Å². The topological polar surface area (TPSA) is 44.9 Å². The molecule has 2 aliphatic rings. The first-order chi connectivity index (χ1) is 12.0. The Hall–Kier alpha value is -1.52. The Morgan fingerprint density at radius 2 is 2.00 bits per heavy atom. The molecular formula is C20H20BrClN2O. The SMILES string of the molecule is CC(C)c1c(C=C2C(=O)Nc3c(Br)cc(Cl)cc32)[nH]c2c1CCCC2. The smallest absolute Gasteiger partial charge is 0.256 e. The number of aromatic amines is 1. The van der Waals surface area contributed by atoms with Gasteiger partial charge in [0.1, 0.15) is 0 Å². The molecule has 2 aromatic rings. The quantitative estimate of drug-likeness (QED) is 0.583. The van der Waals surface area contributed by atoms with Crippen LogP contribution in [0.5, 0.6) is 0 Å². The Morgan fingerprint density at radius 1 is 1.24 bits per heavy atom. The van der Waals surface area contributed by atoms with Crippen LogP contribution in [0.4, 0.5) is 5.69 Å². The molecule has 0 atom stereocenters. The van der Waals surface area contributed by atoms with Gasteiger partial charge in [0.2, 0.25) is 0 Å². The molecule has 4 rings (SSSR count). The fraction of sp³-hybridized carbons (Fsp3) is 0.350. The number of carbonyl (C=O) groups is 1. The van der Waals surface area contributed by atoms with E-state index in [1.165, 1.54) is 29.7 Å². The number of anilines is 1. The Morgan fingerprint density at radius 3 is 2.76 bits per heavy atom. The number of rotatable bonds is 2. The van der Waals surface area contributed by atoms with Gasteiger partial charge in [-0.3, -0.25) is 4.79 Å². The monoisotopic (exact) mass is 418 g/mol. The summed E-state index contributed by atoms with van der Waals surface area (Å²) in [6.45, 7) is 4.44. The van der Waals surface area contributed by atoms with Gasteiger partial charge in [0, 0.05) is 26.4 Å². The van der Waals surface area contributed by atoms with E-state index in [0.29, 0.717) is 16.5 Å². The Kier molecular flexibility index (Phi) is 4.28. The van der Waals surface area contributed by atoms with E-state index >= 15 is 0 Å². The minimum atomic E-state index is -0.0831. The predicted molar refractivity (Wildman–Crippen MR) is 107 cm³/mol. The zero-order valence-electron chi connectivity index (χ0n) is 14.3. The molecule has 0 radical (unpaired) electrons. The van der Waals surface area contributed by atoms with Crippen molar-refractivity contribution in [1.29, 1.82) is 0 Å². The van der Waals surface area contributed by atoms with E-state index in [1.54, 1.807) is 6.07 Å². The van der Waals surface area contributed by atoms with Crippen molar-refractivity contribution in [2.45, 2.75) is 45.4 Å². The van der Waals surface area contributed by atoms with E-state index in [1.807, 2.05) is 12.1 Å². The highest BCUT2D eigenvalue weighted by molar-refractivity contribution is 9.10. The van der Waals surface area contributed by atoms with Gasteiger partial charge in [-0.2, -0.15) is 0 Å². The minimum absolute atomic E-state index is 0.0831. The first-order valence-corrected chi connectivity index (χ1v) is 9.89. The molecule has 3 nitrogen and oxygen atoms in total. The van der Waals surface area contributed by atoms with Crippen LogP contribution in [-0.4, -0.2) is 10.9 Å². The number of hydrogen-bond acceptors (Lipinski definition) is 1. The third kappa shape index (κ3) is 2.85. The fourth-order valence-corrected chi connectivity index (χ4v) is 4.92. The van der Waals surface area contributed by atoms with Crippen molar-refractivity contribution < 1.29 is 4.79 Å². The molecule has 2 N–H and O–H groups in total. The maximum atomic E-state index is 12.6. The molecule has 0 saturated heterocycles. The number of carbonyl (C=O) groups excluding carboxylic acids is 1. The summed E-state index contributed by atoms with van der Waals surface area (Å²) in [5.74, 6) is 0.334. The highest BCUT2D eigenvalue weighted by Crippen LogP contribution is 2.41. The normalized spacial score (nSPS) is 17.8. The maximum Gasteiger partial charge on any atom is 0.256 e. The van der Waals surface area contributed by atoms with E-state index in [0.717, 1.165) is 34.3 Å². The van der Waals surface area contributed by atoms with Crippen LogP contribution in [-0.2, 0) is 17.6 Å². The highest BCUT2D eigenvalue weighted by atomic mass is 79.9. The Labute approximate surface area is 161 Å². The lowest BCUT2D eigenvalue weighted by Gasteiger charge is -2.14. The lowest BCUT2D eigenvalue weighted by atomic mass is 9.89. The van der Waals surface area contributed by atoms with Crippen molar-refractivity contribution in [3.8, 4) is 0 Å². The van der Waals surface area contributed by atoms with Gasteiger partial charge >= 0.3 is 0 Å². The van der Waals surface area contributed by atoms with E-state index in [9.17, 15) is 4.79 Å². The van der Waals surface area contributed by atoms with Crippen LogP contribution in [0.15, 0.2) is 16.6 Å². The molecule has 1 aliphatic carbocycles. The summed E-state index contributed by atoms with van der Waals surface area (Å²) in [7, 11) is 0. The average molecular weight is 420 g/mol. The number of hydrogen-bond donors (Lipinski definition) is 2. The van der Waals surface area contributed by atoms with Crippen LogP contribution in [0, 0.1) is 0 Å². The second-order valence-corrected chi connectivity index (χ2v) is 8.38. The number of aromatic nitrogens is 1. The maximum absolute atomic E-state index is 12.6. The molecule has 130 valence electrons. The van der Waals surface area contributed by atoms with E-state index < -0.39 is 0 Å². The summed E-state index contributed by atoms with van der Waals surface area (Å²) < 4.78 is 0.807. The minimum Gasteiger partial charge on any atom is -0.358 e. The lowest BCUT2D eigenvalue weighted by Crippen LogP contribution is -2.04. The molecule has 0 bridgehead atoms. The molecule has 0 spiro atoms. The summed E-state index contributed by atoms with van der Waals surface area (Å²) in [6.07, 6.45) is 6.69. The van der Waals surface area contributed by atoms with Crippen LogP contribution in [0.1, 0.15) is 60.7 Å². The molecule has 1 aromatic heterocycles. The molecule has 25 heavy (non-hydrogen) atoms. The Bertz CT molecular complexity index is 911. The zero-order chi connectivity index (χ0) is 17.7. The second-order valence-electron chi connectivity index (χ2n) is 7.09. The number of nitrogens with one attached hydrogen (secondary N) is 2. The van der Waals surface area contributed by atoms with Crippen molar-refractivity contribution in [1.82, 2.24) is 4.98 Å². The summed E-state index contributed by atoms with van der Waals surface area (Å²) >= 11 is 9.69. The van der Waals surface area contributed by atoms with Gasteiger partial charge in [-0.15, -0.1) is 0 Å². The molecule has 0 fully saturated rings. The molecule has 1 aliphatic heterocycles. The molecular weight excluding hydrogens is 400 g/mol. The first kappa shape index (κ1) is 16.9. The van der Waals surface area contributed by atoms with Gasteiger partial charge in [0.25, 0.3) is 5.91 Å². The fourth-order valence-electron chi connectivity index (χ4n) is 4.01. The lowest BCUT2D eigenvalue weighted by molar-refractivity contribution is -0.110. The van der Waals surface area contributed by atoms with Crippen LogP contribution < -0.4 is 5.32 Å². The van der Waals surface area contributed by atoms with Crippen molar-refractivity contribution in [2.24, 2.45) is 0 Å². The van der Waals surface area contributed by atoms with Gasteiger partial charge in [-0.05, 0) is 76.9 Å². The predicted octanol–water partition coefficient (Wildman–Crippen LogP) is 5.93. The summed E-state index contributed by atoms with van der Waals surface area (Å²) in [5.41, 5.74) is 7.53. The van der Waals surface area contributed by atoms with Crippen molar-refractivity contribution in [3.05, 3.63) is 49.7 Å². The number of benzene rings is 1. The summed E-state index contributed by atoms with van der Waals surface area (Å²) in [6, 6.07) is 3.65. The summed E-state index contributed by atoms with van der Waals surface area (Å²) in [4.78, 5) is 16.2. The molecule has 1 aromatic carbocycles. The largest absolute Gasteiger partial charge is 0.358 e. The average Bonchev–Trinajstić information content (AvgIpc) is 3.07. The van der Waals surface area contributed by atoms with Gasteiger partial charge in [-0.25, -0.2) is 0 Å². The van der Waals surface area contributed by atoms with Crippen LogP contribution in [0.2, 0.25) is 5.02 Å². The van der Waals surface area contributed by atoms with Crippen molar-refractivity contribution in [3.63, 3.8) is 0 Å². The third-order valence-electron chi connectivity index (χ3n) is 5.06. The van der Waals surface area contributed by atoms with E-state index in [2.05, 4.69) is 40.1 Å². The van der Waals surface area contributed by atoms with Crippen molar-refractivity contribution in [2.75, 3.05) is 5.32 Å². The molecule has 1 amide bonds. The molecule has 0 unspecified atom stereocenters. The standard InChI is InChI=1S/C20H20BrClN2O/c1-10(2)18-12-5-3-4-6-16(12)23-17(18)9-14-13-7-11(22)8-15(21)19(13)24-20(14)25/h7-10,23H,3-6H2,1-2H3,(H,24,25). The third-order valence-corrected chi connectivity index (χ3v) is 5.91. The van der Waals surface area contributed by atoms with Gasteiger partial charge in [0.15, 0.2) is 0 Å². The number of amides is 1. The number of aryl methyl sites for hydroxylation is 1. The zero-order valence-corrected chi connectivity index (χ0v) is 16.6. The number of H-pyrrole nitrogens is 1. The van der Waals surface area contributed by atoms with Crippen LogP contribution >= 0.6 is 27.5 Å². The van der Waals surface area contributed by atoms with Crippen LogP contribution in [0.3, 0.4) is 0 Å². The van der Waals surface area contributed by atoms with Crippen LogP contribution in [0.25, 0.3) is 11.6 Å². The first-order valence-electron chi connectivity index (χ1n) is 8.71. The number of halogens is 2. The molecule has 0 saturated carbocycles. The molecule has 2 heterocycles. The van der Waals surface area contributed by atoms with Gasteiger partial charge in [-0.1, -0.05) is 25.4 Å². The molecule has 5 heteroatoms. The van der Waals surface area contributed by atoms with Gasteiger partial charge in [0.05, 0.1) is 11.3 Å². The number of fused-ring (bicyclic) bond motifs is 2.